The molecule has 3 aromatic rings. The van der Waals surface area contributed by atoms with Crippen molar-refractivity contribution in [3.63, 3.8) is 0 Å². The number of amides is 2. The second-order valence-electron chi connectivity index (χ2n) is 9.83. The van der Waals surface area contributed by atoms with E-state index in [1.807, 2.05) is 35.2 Å². The molecule has 1 saturated heterocycles. The first kappa shape index (κ1) is 26.0. The zero-order chi connectivity index (χ0) is 25.4. The number of hydrogen-bond donors (Lipinski definition) is 2. The number of unbranched alkanes of at least 4 members (excludes halogenated alkanes) is 2. The van der Waals surface area contributed by atoms with E-state index >= 15 is 0 Å². The Balaban J connectivity index is 1.45. The van der Waals surface area contributed by atoms with Gasteiger partial charge in [-0.3, -0.25) is 9.59 Å². The Morgan fingerprint density at radius 3 is 2.53 bits per heavy atom. The van der Waals surface area contributed by atoms with E-state index < -0.39 is 6.04 Å². The second-order valence-corrected chi connectivity index (χ2v) is 10.3. The number of halogens is 1. The van der Waals surface area contributed by atoms with E-state index in [9.17, 15) is 9.59 Å². The Labute approximate surface area is 218 Å². The summed E-state index contributed by atoms with van der Waals surface area (Å²) in [5.41, 5.74) is 3.14. The van der Waals surface area contributed by atoms with Crippen molar-refractivity contribution in [2.24, 2.45) is 0 Å². The highest BCUT2D eigenvalue weighted by molar-refractivity contribution is 6.30. The molecule has 0 aliphatic carbocycles. The molecule has 2 amide bonds. The fraction of sp³-hybridized carbons (Fsp3) is 0.414. The van der Waals surface area contributed by atoms with Crippen molar-refractivity contribution in [2.75, 3.05) is 13.1 Å². The summed E-state index contributed by atoms with van der Waals surface area (Å²) < 4.78 is 0. The summed E-state index contributed by atoms with van der Waals surface area (Å²) in [6, 6.07) is 17.4. The molecule has 1 aliphatic heterocycles. The number of nitrogens with one attached hydrogen (secondary N) is 2. The highest BCUT2D eigenvalue weighted by Gasteiger charge is 2.47. The zero-order valence-corrected chi connectivity index (χ0v) is 21.6. The van der Waals surface area contributed by atoms with E-state index in [0.29, 0.717) is 31.0 Å². The number of carbonyl (C=O) groups excluding carboxylic acids is 2. The van der Waals surface area contributed by atoms with Crippen molar-refractivity contribution in [1.82, 2.24) is 20.2 Å². The molecule has 1 aromatic heterocycles. The Morgan fingerprint density at radius 2 is 1.86 bits per heavy atom. The van der Waals surface area contributed by atoms with E-state index in [2.05, 4.69) is 46.5 Å². The van der Waals surface area contributed by atoms with Crippen LogP contribution in [0.5, 0.6) is 0 Å². The van der Waals surface area contributed by atoms with Crippen LogP contribution in [0.1, 0.15) is 55.8 Å². The molecule has 190 valence electrons. The van der Waals surface area contributed by atoms with Crippen LogP contribution in [0.2, 0.25) is 5.02 Å². The van der Waals surface area contributed by atoms with Gasteiger partial charge in [0.15, 0.2) is 0 Å². The number of hydrogen-bond acceptors (Lipinski definition) is 3. The predicted molar refractivity (Wildman–Crippen MR) is 143 cm³/mol. The third-order valence-electron chi connectivity index (χ3n) is 7.11. The molecule has 1 fully saturated rings. The van der Waals surface area contributed by atoms with Crippen LogP contribution < -0.4 is 5.32 Å². The van der Waals surface area contributed by atoms with Gasteiger partial charge in [0, 0.05) is 48.3 Å². The third kappa shape index (κ3) is 6.55. The summed E-state index contributed by atoms with van der Waals surface area (Å²) in [6.45, 7) is 3.57. The van der Waals surface area contributed by atoms with Gasteiger partial charge in [0.05, 0.1) is 6.33 Å². The minimum Gasteiger partial charge on any atom is -0.348 e. The van der Waals surface area contributed by atoms with Gasteiger partial charge in [-0.05, 0) is 36.1 Å². The monoisotopic (exact) mass is 506 g/mol. The lowest BCUT2D eigenvalue weighted by atomic mass is 9.70. The van der Waals surface area contributed by atoms with Gasteiger partial charge < -0.3 is 15.2 Å². The van der Waals surface area contributed by atoms with Crippen molar-refractivity contribution in [1.29, 1.82) is 0 Å². The molecule has 2 heterocycles. The molecule has 0 spiro atoms. The van der Waals surface area contributed by atoms with E-state index in [-0.39, 0.29) is 23.7 Å². The van der Waals surface area contributed by atoms with Crippen molar-refractivity contribution >= 4 is 23.4 Å². The summed E-state index contributed by atoms with van der Waals surface area (Å²) in [4.78, 5) is 35.4. The highest BCUT2D eigenvalue weighted by Crippen LogP contribution is 2.39. The molecule has 1 unspecified atom stereocenters. The van der Waals surface area contributed by atoms with Gasteiger partial charge in [-0.15, -0.1) is 0 Å². The summed E-state index contributed by atoms with van der Waals surface area (Å²) in [5.74, 6) is -0.170. The number of aromatic amines is 1. The summed E-state index contributed by atoms with van der Waals surface area (Å²) in [6.07, 6.45) is 9.14. The SMILES string of the molecule is CCCCCC1(c2ccccc2)CN(C(=O)C(Cc2ccc(Cl)cc2)NC(=O)CCc2cnc[nH]2)C1. The molecule has 1 atom stereocenters. The molecule has 0 bridgehead atoms. The third-order valence-corrected chi connectivity index (χ3v) is 7.36. The molecular weight excluding hydrogens is 472 g/mol. The van der Waals surface area contributed by atoms with Crippen LogP contribution in [0.4, 0.5) is 0 Å². The molecule has 1 aliphatic rings. The maximum atomic E-state index is 13.7. The van der Waals surface area contributed by atoms with Crippen LogP contribution in [-0.4, -0.2) is 45.8 Å². The first-order valence-corrected chi connectivity index (χ1v) is 13.2. The largest absolute Gasteiger partial charge is 0.348 e. The highest BCUT2D eigenvalue weighted by atomic mass is 35.5. The van der Waals surface area contributed by atoms with Crippen LogP contribution in [0, 0.1) is 0 Å². The van der Waals surface area contributed by atoms with Crippen molar-refractivity contribution in [3.05, 3.63) is 89.0 Å². The Morgan fingerprint density at radius 1 is 1.11 bits per heavy atom. The van der Waals surface area contributed by atoms with Gasteiger partial charge in [-0.25, -0.2) is 4.98 Å². The molecule has 2 N–H and O–H groups in total. The molecule has 4 rings (SSSR count). The number of carbonyl (C=O) groups is 2. The lowest BCUT2D eigenvalue weighted by Crippen LogP contribution is -2.64. The number of rotatable bonds is 12. The number of aryl methyl sites for hydroxylation is 1. The molecular formula is C29H35ClN4O2. The standard InChI is InChI=1S/C29H35ClN4O2/c1-2-3-7-16-29(23-8-5-4-6-9-23)19-34(20-29)28(36)26(17-22-10-12-24(30)13-11-22)33-27(35)15-14-25-18-31-21-32-25/h4-6,8-13,18,21,26H,2-3,7,14-17,19-20H2,1H3,(H,31,32)(H,33,35). The predicted octanol–water partition coefficient (Wildman–Crippen LogP) is 5.08. The average molecular weight is 507 g/mol. The molecule has 2 aromatic carbocycles. The Kier molecular flexibility index (Phi) is 8.81. The van der Waals surface area contributed by atoms with Gasteiger partial charge >= 0.3 is 0 Å². The lowest BCUT2D eigenvalue weighted by Gasteiger charge is -2.52. The first-order chi connectivity index (χ1) is 17.5. The number of benzene rings is 2. The number of imidazole rings is 1. The minimum absolute atomic E-state index is 0.0124. The van der Waals surface area contributed by atoms with Crippen molar-refractivity contribution in [2.45, 2.75) is 63.3 Å². The van der Waals surface area contributed by atoms with Crippen molar-refractivity contribution < 1.29 is 9.59 Å². The van der Waals surface area contributed by atoms with Crippen LogP contribution >= 0.6 is 11.6 Å². The number of aromatic nitrogens is 2. The lowest BCUT2D eigenvalue weighted by molar-refractivity contribution is -0.143. The molecule has 7 heteroatoms. The van der Waals surface area contributed by atoms with Gasteiger partial charge in [-0.1, -0.05) is 80.3 Å². The van der Waals surface area contributed by atoms with Crippen LogP contribution in [0.15, 0.2) is 67.1 Å². The fourth-order valence-corrected chi connectivity index (χ4v) is 5.17. The second kappa shape index (κ2) is 12.2. The van der Waals surface area contributed by atoms with Gasteiger partial charge in [-0.2, -0.15) is 0 Å². The summed E-state index contributed by atoms with van der Waals surface area (Å²) in [7, 11) is 0. The van der Waals surface area contributed by atoms with Gasteiger partial charge in [0.1, 0.15) is 6.04 Å². The normalized spacial score (nSPS) is 15.2. The smallest absolute Gasteiger partial charge is 0.245 e. The van der Waals surface area contributed by atoms with E-state index in [4.69, 9.17) is 11.6 Å². The van der Waals surface area contributed by atoms with Crippen molar-refractivity contribution in [3.8, 4) is 0 Å². The van der Waals surface area contributed by atoms with Gasteiger partial charge in [0.2, 0.25) is 11.8 Å². The number of likely N-dealkylation sites (tertiary alicyclic amines) is 1. The zero-order valence-electron chi connectivity index (χ0n) is 20.9. The Hall–Kier alpha value is -3.12. The molecule has 0 radical (unpaired) electrons. The Bertz CT molecular complexity index is 1110. The van der Waals surface area contributed by atoms with Crippen LogP contribution in [0.25, 0.3) is 0 Å². The quantitative estimate of drug-likeness (QED) is 0.336. The van der Waals surface area contributed by atoms with Gasteiger partial charge in [0.25, 0.3) is 0 Å². The molecule has 36 heavy (non-hydrogen) atoms. The van der Waals surface area contributed by atoms with E-state index in [1.54, 1.807) is 12.5 Å². The average Bonchev–Trinajstić information content (AvgIpc) is 3.39. The van der Waals surface area contributed by atoms with E-state index in [0.717, 1.165) is 24.1 Å². The molecule has 0 saturated carbocycles. The number of nitrogens with zero attached hydrogens (tertiary/aromatic N) is 2. The van der Waals surface area contributed by atoms with E-state index in [1.165, 1.54) is 18.4 Å². The topological polar surface area (TPSA) is 78.1 Å². The maximum Gasteiger partial charge on any atom is 0.245 e. The summed E-state index contributed by atoms with van der Waals surface area (Å²) in [5, 5.41) is 3.66. The minimum atomic E-state index is -0.621. The first-order valence-electron chi connectivity index (χ1n) is 12.8. The van der Waals surface area contributed by atoms with Crippen LogP contribution in [-0.2, 0) is 27.8 Å². The fourth-order valence-electron chi connectivity index (χ4n) is 5.04. The maximum absolute atomic E-state index is 13.7. The van der Waals surface area contributed by atoms with Crippen LogP contribution in [0.3, 0.4) is 0 Å². The summed E-state index contributed by atoms with van der Waals surface area (Å²) >= 11 is 6.06. The molecule has 6 nitrogen and oxygen atoms in total. The number of H-pyrrole nitrogens is 1.